The highest BCUT2D eigenvalue weighted by molar-refractivity contribution is 5.99. The Bertz CT molecular complexity index is 716. The van der Waals surface area contributed by atoms with E-state index >= 15 is 0 Å². The number of methoxy groups -OCH3 is 2. The first-order valence-corrected chi connectivity index (χ1v) is 5.61. The van der Waals surface area contributed by atoms with Crippen molar-refractivity contribution in [2.45, 2.75) is 0 Å². The van der Waals surface area contributed by atoms with Gasteiger partial charge >= 0.3 is 0 Å². The van der Waals surface area contributed by atoms with Crippen LogP contribution in [-0.2, 0) is 0 Å². The van der Waals surface area contributed by atoms with Crippen molar-refractivity contribution in [3.05, 3.63) is 24.6 Å². The summed E-state index contributed by atoms with van der Waals surface area (Å²) in [6, 6.07) is 3.50. The molecule has 0 bridgehead atoms. The maximum absolute atomic E-state index is 10.4. The molecule has 6 nitrogen and oxygen atoms in total. The summed E-state index contributed by atoms with van der Waals surface area (Å²) < 4.78 is 16.0. The van der Waals surface area contributed by atoms with Crippen LogP contribution < -0.4 is 9.47 Å². The lowest BCUT2D eigenvalue weighted by atomic mass is 10.1. The molecule has 0 fully saturated rings. The molecule has 0 atom stereocenters. The van der Waals surface area contributed by atoms with E-state index in [1.807, 2.05) is 0 Å². The number of ether oxygens (including phenoxy) is 2. The average Bonchev–Trinajstić information content (AvgIpc) is 3.07. The fourth-order valence-electron chi connectivity index (χ4n) is 2.17. The summed E-state index contributed by atoms with van der Waals surface area (Å²) >= 11 is 0. The van der Waals surface area contributed by atoms with Gasteiger partial charge in [-0.15, -0.1) is 0 Å². The zero-order valence-electron chi connectivity index (χ0n) is 10.4. The number of fused-ring (bicyclic) bond motifs is 1. The van der Waals surface area contributed by atoms with Crippen LogP contribution in [0.25, 0.3) is 22.2 Å². The van der Waals surface area contributed by atoms with E-state index in [1.54, 1.807) is 18.3 Å². The topological polar surface area (TPSA) is 80.5 Å². The molecule has 19 heavy (non-hydrogen) atoms. The Morgan fingerprint density at radius 1 is 1.21 bits per heavy atom. The molecular formula is C13H12N2O4. The van der Waals surface area contributed by atoms with Crippen LogP contribution >= 0.6 is 0 Å². The molecule has 2 N–H and O–H groups in total. The summed E-state index contributed by atoms with van der Waals surface area (Å²) in [5.41, 5.74) is 1.57. The summed E-state index contributed by atoms with van der Waals surface area (Å²) in [5.74, 6) is 0.725. The van der Waals surface area contributed by atoms with Crippen LogP contribution in [0.2, 0.25) is 0 Å². The van der Waals surface area contributed by atoms with Gasteiger partial charge in [-0.25, -0.2) is 0 Å². The van der Waals surface area contributed by atoms with Crippen LogP contribution in [0.15, 0.2) is 29.0 Å². The molecule has 2 heterocycles. The SMILES string of the molecule is COc1c(-c2ccn[nH]2)c(O)c(OC)c2occc12. The molecule has 0 saturated heterocycles. The van der Waals surface area contributed by atoms with E-state index in [0.29, 0.717) is 22.6 Å². The molecule has 0 amide bonds. The fraction of sp³-hybridized carbons (Fsp3) is 0.154. The van der Waals surface area contributed by atoms with Crippen LogP contribution in [0.4, 0.5) is 0 Å². The molecule has 3 rings (SSSR count). The predicted molar refractivity (Wildman–Crippen MR) is 68.6 cm³/mol. The average molecular weight is 260 g/mol. The quantitative estimate of drug-likeness (QED) is 0.756. The van der Waals surface area contributed by atoms with Crippen molar-refractivity contribution in [2.24, 2.45) is 0 Å². The molecule has 0 aliphatic carbocycles. The van der Waals surface area contributed by atoms with Gasteiger partial charge in [-0.1, -0.05) is 0 Å². The van der Waals surface area contributed by atoms with E-state index in [4.69, 9.17) is 13.9 Å². The molecule has 0 unspecified atom stereocenters. The van der Waals surface area contributed by atoms with Crippen molar-refractivity contribution >= 4 is 11.0 Å². The fourth-order valence-corrected chi connectivity index (χ4v) is 2.17. The Hall–Kier alpha value is -2.63. The lowest BCUT2D eigenvalue weighted by Gasteiger charge is -2.13. The smallest absolute Gasteiger partial charge is 0.205 e. The lowest BCUT2D eigenvalue weighted by Crippen LogP contribution is -1.93. The number of aromatic hydroxyl groups is 1. The van der Waals surface area contributed by atoms with E-state index in [0.717, 1.165) is 5.39 Å². The van der Waals surface area contributed by atoms with E-state index in [1.165, 1.54) is 20.5 Å². The predicted octanol–water partition coefficient (Wildman–Crippen LogP) is 2.55. The number of phenolic OH excluding ortho intramolecular Hbond substituents is 1. The number of hydrogen-bond donors (Lipinski definition) is 2. The molecule has 0 spiro atoms. The lowest BCUT2D eigenvalue weighted by molar-refractivity contribution is 0.367. The first-order chi connectivity index (χ1) is 9.27. The molecule has 1 aromatic carbocycles. The number of benzene rings is 1. The highest BCUT2D eigenvalue weighted by Gasteiger charge is 2.24. The van der Waals surface area contributed by atoms with Crippen molar-refractivity contribution in [3.8, 4) is 28.5 Å². The second kappa shape index (κ2) is 4.24. The van der Waals surface area contributed by atoms with Gasteiger partial charge in [0.05, 0.1) is 37.1 Å². The van der Waals surface area contributed by atoms with Crippen molar-refractivity contribution in [3.63, 3.8) is 0 Å². The highest BCUT2D eigenvalue weighted by Crippen LogP contribution is 2.49. The Balaban J connectivity index is 2.45. The third-order valence-corrected chi connectivity index (χ3v) is 2.97. The van der Waals surface area contributed by atoms with E-state index in [2.05, 4.69) is 10.2 Å². The van der Waals surface area contributed by atoms with Gasteiger partial charge in [-0.05, 0) is 12.1 Å². The van der Waals surface area contributed by atoms with E-state index < -0.39 is 0 Å². The molecule has 0 aliphatic heterocycles. The van der Waals surface area contributed by atoms with Crippen molar-refractivity contribution in [1.82, 2.24) is 10.2 Å². The normalized spacial score (nSPS) is 10.8. The van der Waals surface area contributed by atoms with Crippen LogP contribution in [-0.4, -0.2) is 29.5 Å². The molecule has 3 aromatic rings. The van der Waals surface area contributed by atoms with Gasteiger partial charge in [0.2, 0.25) is 5.75 Å². The minimum Gasteiger partial charge on any atom is -0.504 e. The number of nitrogens with one attached hydrogen (secondary N) is 1. The number of aromatic nitrogens is 2. The summed E-state index contributed by atoms with van der Waals surface area (Å²) in [6.45, 7) is 0. The summed E-state index contributed by atoms with van der Waals surface area (Å²) in [7, 11) is 3.01. The molecule has 98 valence electrons. The summed E-state index contributed by atoms with van der Waals surface area (Å²) in [6.07, 6.45) is 3.12. The van der Waals surface area contributed by atoms with Crippen molar-refractivity contribution in [1.29, 1.82) is 0 Å². The Morgan fingerprint density at radius 2 is 2.00 bits per heavy atom. The van der Waals surface area contributed by atoms with Gasteiger partial charge < -0.3 is 19.0 Å². The van der Waals surface area contributed by atoms with Crippen LogP contribution in [0.3, 0.4) is 0 Å². The second-order valence-corrected chi connectivity index (χ2v) is 3.92. The van der Waals surface area contributed by atoms with Crippen LogP contribution in [0.5, 0.6) is 17.2 Å². The highest BCUT2D eigenvalue weighted by atomic mass is 16.5. The van der Waals surface area contributed by atoms with Crippen LogP contribution in [0.1, 0.15) is 0 Å². The Labute approximate surface area is 108 Å². The number of H-pyrrole nitrogens is 1. The largest absolute Gasteiger partial charge is 0.504 e. The Kier molecular flexibility index (Phi) is 2.56. The number of hydrogen-bond acceptors (Lipinski definition) is 5. The van der Waals surface area contributed by atoms with Gasteiger partial charge in [0.15, 0.2) is 11.3 Å². The number of aromatic amines is 1. The summed E-state index contributed by atoms with van der Waals surface area (Å²) in [5, 5.41) is 17.8. The molecular weight excluding hydrogens is 248 g/mol. The van der Waals surface area contributed by atoms with Gasteiger partial charge in [0.25, 0.3) is 0 Å². The van der Waals surface area contributed by atoms with Gasteiger partial charge in [-0.2, -0.15) is 5.10 Å². The first-order valence-electron chi connectivity index (χ1n) is 5.61. The number of rotatable bonds is 3. The summed E-state index contributed by atoms with van der Waals surface area (Å²) in [4.78, 5) is 0. The minimum absolute atomic E-state index is 0.0500. The third-order valence-electron chi connectivity index (χ3n) is 2.97. The maximum Gasteiger partial charge on any atom is 0.205 e. The van der Waals surface area contributed by atoms with Crippen molar-refractivity contribution in [2.75, 3.05) is 14.2 Å². The van der Waals surface area contributed by atoms with Gasteiger partial charge in [-0.3, -0.25) is 5.10 Å². The molecule has 0 aliphatic rings. The maximum atomic E-state index is 10.4. The van der Waals surface area contributed by atoms with E-state index in [9.17, 15) is 5.11 Å². The minimum atomic E-state index is -0.0500. The van der Waals surface area contributed by atoms with Crippen LogP contribution in [0, 0.1) is 0 Å². The standard InChI is InChI=1S/C13H12N2O4/c1-17-11-7-4-6-19-12(7)13(18-2)10(16)9(11)8-3-5-14-15-8/h3-6,16H,1-2H3,(H,14,15). The van der Waals surface area contributed by atoms with Gasteiger partial charge in [0, 0.05) is 6.20 Å². The van der Waals surface area contributed by atoms with E-state index in [-0.39, 0.29) is 11.5 Å². The zero-order valence-corrected chi connectivity index (χ0v) is 10.4. The van der Waals surface area contributed by atoms with Crippen molar-refractivity contribution < 1.29 is 19.0 Å². The molecule has 6 heteroatoms. The number of phenols is 1. The number of nitrogens with zero attached hydrogens (tertiary/aromatic N) is 1. The van der Waals surface area contributed by atoms with Gasteiger partial charge in [0.1, 0.15) is 5.75 Å². The zero-order chi connectivity index (χ0) is 13.4. The molecule has 0 radical (unpaired) electrons. The first kappa shape index (κ1) is 11.5. The number of furan rings is 1. The third kappa shape index (κ3) is 1.53. The second-order valence-electron chi connectivity index (χ2n) is 3.92. The molecule has 0 saturated carbocycles. The monoisotopic (exact) mass is 260 g/mol. The molecule has 2 aromatic heterocycles. The Morgan fingerprint density at radius 3 is 2.63 bits per heavy atom.